The van der Waals surface area contributed by atoms with Gasteiger partial charge < -0.3 is 36.7 Å². The molecule has 0 unspecified atom stereocenters. The molecule has 3 aromatic carbocycles. The van der Waals surface area contributed by atoms with Gasteiger partial charge in [-0.3, -0.25) is 9.59 Å². The van der Waals surface area contributed by atoms with Crippen LogP contribution in [-0.2, 0) is 17.6 Å². The SMILES string of the molecule is CNCCCCCC/C=C/C(=O)CCc1ccc(O)c(OCCc2ccc(O)c([C@H](CC(=O)c3cc[nH]c3)c3ccc(C(N)N)cc3)c2)c1. The number of aromatic nitrogens is 1. The highest BCUT2D eigenvalue weighted by Gasteiger charge is 2.23. The number of nitrogens with two attached hydrogens (primary N) is 2. The second kappa shape index (κ2) is 19.3. The van der Waals surface area contributed by atoms with Crippen LogP contribution in [0.3, 0.4) is 0 Å². The Bertz CT molecular complexity index is 1650. The van der Waals surface area contributed by atoms with Gasteiger partial charge in [-0.1, -0.05) is 61.4 Å². The van der Waals surface area contributed by atoms with Crippen molar-refractivity contribution in [2.75, 3.05) is 20.2 Å². The van der Waals surface area contributed by atoms with Gasteiger partial charge in [0.1, 0.15) is 5.75 Å². The maximum atomic E-state index is 13.2. The number of allylic oxidation sites excluding steroid dienone is 2. The molecule has 1 atom stereocenters. The van der Waals surface area contributed by atoms with Gasteiger partial charge in [0.15, 0.2) is 23.1 Å². The van der Waals surface area contributed by atoms with Crippen LogP contribution in [-0.4, -0.2) is 47.0 Å². The van der Waals surface area contributed by atoms with Gasteiger partial charge in [0, 0.05) is 48.7 Å². The van der Waals surface area contributed by atoms with Crippen molar-refractivity contribution in [3.05, 3.63) is 125 Å². The maximum Gasteiger partial charge on any atom is 0.165 e. The summed E-state index contributed by atoms with van der Waals surface area (Å²) in [6.07, 6.45) is 13.5. The Hall–Kier alpha value is -4.70. The van der Waals surface area contributed by atoms with Gasteiger partial charge in [-0.15, -0.1) is 0 Å². The Morgan fingerprint density at radius 2 is 1.59 bits per heavy atom. The van der Waals surface area contributed by atoms with Crippen molar-refractivity contribution in [3.8, 4) is 17.2 Å². The van der Waals surface area contributed by atoms with Crippen LogP contribution in [0.2, 0.25) is 0 Å². The number of rotatable bonds is 21. The predicted octanol–water partition coefficient (Wildman–Crippen LogP) is 6.60. The first-order valence-corrected chi connectivity index (χ1v) is 17.1. The molecule has 0 aliphatic heterocycles. The van der Waals surface area contributed by atoms with E-state index >= 15 is 0 Å². The summed E-state index contributed by atoms with van der Waals surface area (Å²) >= 11 is 0. The number of H-pyrrole nitrogens is 1. The minimum absolute atomic E-state index is 0.0278. The first kappa shape index (κ1) is 37.1. The lowest BCUT2D eigenvalue weighted by Gasteiger charge is -2.20. The lowest BCUT2D eigenvalue weighted by atomic mass is 9.84. The van der Waals surface area contributed by atoms with Gasteiger partial charge in [0.25, 0.3) is 0 Å². The number of phenolic OH excluding ortho intramolecular Hbond substituents is 2. The van der Waals surface area contributed by atoms with E-state index < -0.39 is 12.1 Å². The summed E-state index contributed by atoms with van der Waals surface area (Å²) in [4.78, 5) is 28.5. The molecule has 0 aliphatic rings. The molecule has 0 aliphatic carbocycles. The third-order valence-corrected chi connectivity index (χ3v) is 8.68. The van der Waals surface area contributed by atoms with Crippen molar-refractivity contribution in [3.63, 3.8) is 0 Å². The van der Waals surface area contributed by atoms with E-state index in [1.165, 1.54) is 19.3 Å². The minimum atomic E-state index is -0.617. The molecule has 4 aromatic rings. The molecule has 0 fully saturated rings. The third-order valence-electron chi connectivity index (χ3n) is 8.68. The van der Waals surface area contributed by atoms with E-state index in [4.69, 9.17) is 16.2 Å². The monoisotopic (exact) mass is 666 g/mol. The molecule has 1 aromatic heterocycles. The highest BCUT2D eigenvalue weighted by atomic mass is 16.5. The smallest absolute Gasteiger partial charge is 0.165 e. The molecule has 9 heteroatoms. The lowest BCUT2D eigenvalue weighted by Crippen LogP contribution is -2.20. The lowest BCUT2D eigenvalue weighted by molar-refractivity contribution is -0.114. The molecule has 260 valence electrons. The number of unbranched alkanes of at least 4 members (excludes halogenated alkanes) is 4. The molecule has 1 heterocycles. The van der Waals surface area contributed by atoms with E-state index in [-0.39, 0.29) is 36.1 Å². The number of aromatic amines is 1. The topological polar surface area (TPSA) is 164 Å². The summed E-state index contributed by atoms with van der Waals surface area (Å²) in [6, 6.07) is 19.7. The first-order valence-electron chi connectivity index (χ1n) is 17.1. The summed E-state index contributed by atoms with van der Waals surface area (Å²) in [5, 5.41) is 24.6. The molecule has 8 N–H and O–H groups in total. The highest BCUT2D eigenvalue weighted by Crippen LogP contribution is 2.36. The number of hydrogen-bond donors (Lipinski definition) is 6. The van der Waals surface area contributed by atoms with Gasteiger partial charge >= 0.3 is 0 Å². The van der Waals surface area contributed by atoms with E-state index in [1.54, 1.807) is 48.8 Å². The van der Waals surface area contributed by atoms with E-state index in [0.717, 1.165) is 41.6 Å². The van der Waals surface area contributed by atoms with Gasteiger partial charge in [-0.25, -0.2) is 0 Å². The highest BCUT2D eigenvalue weighted by molar-refractivity contribution is 5.96. The number of benzene rings is 3. The molecule has 0 radical (unpaired) electrons. The number of carbonyl (C=O) groups is 2. The summed E-state index contributed by atoms with van der Waals surface area (Å²) < 4.78 is 5.98. The van der Waals surface area contributed by atoms with Crippen molar-refractivity contribution in [2.45, 2.75) is 69.9 Å². The molecule has 9 nitrogen and oxygen atoms in total. The molecule has 0 spiro atoms. The van der Waals surface area contributed by atoms with E-state index in [1.807, 2.05) is 49.5 Å². The molecule has 0 amide bonds. The molecular weight excluding hydrogens is 616 g/mol. The van der Waals surface area contributed by atoms with Crippen LogP contribution in [0.5, 0.6) is 17.2 Å². The van der Waals surface area contributed by atoms with E-state index in [2.05, 4.69) is 10.3 Å². The molecule has 0 bridgehead atoms. The van der Waals surface area contributed by atoms with Gasteiger partial charge in [-0.05, 0) is 91.9 Å². The number of hydrogen-bond acceptors (Lipinski definition) is 8. The Balaban J connectivity index is 1.36. The second-order valence-electron chi connectivity index (χ2n) is 12.4. The standard InChI is InChI=1S/C40H50N4O5/c1-43-21-7-5-3-2-4-6-8-33(45)16-9-28-11-18-37(47)39(25-28)49-23-20-29-10-17-36(46)35(24-29)34(26-38(48)32-19-22-44-27-32)30-12-14-31(15-13-30)40(41)42/h6,8,10-15,17-19,22,24-25,27,34,40,43-44,46-47H,2-5,7,9,16,20-21,23,26,41-42H2,1H3/b8-6+/t34-/m1/s1. The number of ketones is 2. The molecule has 4 rings (SSSR count). The average molecular weight is 667 g/mol. The Morgan fingerprint density at radius 3 is 2.31 bits per heavy atom. The average Bonchev–Trinajstić information content (AvgIpc) is 3.65. The van der Waals surface area contributed by atoms with Crippen molar-refractivity contribution in [1.29, 1.82) is 0 Å². The van der Waals surface area contributed by atoms with E-state index in [9.17, 15) is 19.8 Å². The van der Waals surface area contributed by atoms with Gasteiger partial charge in [0.2, 0.25) is 0 Å². The van der Waals surface area contributed by atoms with Crippen molar-refractivity contribution < 1.29 is 24.5 Å². The van der Waals surface area contributed by atoms with E-state index in [0.29, 0.717) is 36.1 Å². The molecule has 49 heavy (non-hydrogen) atoms. The number of nitrogens with one attached hydrogen (secondary N) is 2. The van der Waals surface area contributed by atoms with Crippen LogP contribution >= 0.6 is 0 Å². The number of Topliss-reactive ketones (excluding diaryl/α,β-unsaturated/α-hetero) is 1. The zero-order valence-corrected chi connectivity index (χ0v) is 28.4. The fourth-order valence-corrected chi connectivity index (χ4v) is 5.79. The van der Waals surface area contributed by atoms with Crippen LogP contribution in [0.4, 0.5) is 0 Å². The Labute approximate surface area is 289 Å². The quantitative estimate of drug-likeness (QED) is 0.0251. The third kappa shape index (κ3) is 11.7. The Morgan fingerprint density at radius 1 is 0.878 bits per heavy atom. The Kier molecular flexibility index (Phi) is 14.6. The maximum absolute atomic E-state index is 13.2. The summed E-state index contributed by atoms with van der Waals surface area (Å²) in [5.41, 5.74) is 16.3. The minimum Gasteiger partial charge on any atom is -0.508 e. The predicted molar refractivity (Wildman–Crippen MR) is 194 cm³/mol. The number of ether oxygens (including phenoxy) is 1. The van der Waals surface area contributed by atoms with Gasteiger partial charge in [-0.2, -0.15) is 0 Å². The van der Waals surface area contributed by atoms with Gasteiger partial charge in [0.05, 0.1) is 12.8 Å². The fraction of sp³-hybridized carbons (Fsp3) is 0.350. The summed E-state index contributed by atoms with van der Waals surface area (Å²) in [5.74, 6) is 0.0780. The molecule has 0 saturated heterocycles. The van der Waals surface area contributed by atoms with Crippen molar-refractivity contribution in [2.24, 2.45) is 11.5 Å². The number of aromatic hydroxyl groups is 2. The van der Waals surface area contributed by atoms with Crippen LogP contribution < -0.4 is 21.5 Å². The van der Waals surface area contributed by atoms with Crippen LogP contribution in [0, 0.1) is 0 Å². The number of aryl methyl sites for hydroxylation is 1. The number of carbonyl (C=O) groups excluding carboxylic acids is 2. The zero-order chi connectivity index (χ0) is 35.0. The second-order valence-corrected chi connectivity index (χ2v) is 12.4. The molecule has 0 saturated carbocycles. The fourth-order valence-electron chi connectivity index (χ4n) is 5.79. The van der Waals surface area contributed by atoms with Crippen molar-refractivity contribution in [1.82, 2.24) is 10.3 Å². The van der Waals surface area contributed by atoms with Crippen LogP contribution in [0.1, 0.15) is 95.2 Å². The largest absolute Gasteiger partial charge is 0.508 e. The normalized spacial score (nSPS) is 12.1. The van der Waals surface area contributed by atoms with Crippen molar-refractivity contribution >= 4 is 11.6 Å². The number of phenols is 2. The summed E-state index contributed by atoms with van der Waals surface area (Å²) in [7, 11) is 1.97. The zero-order valence-electron chi connectivity index (χ0n) is 28.4. The molecular formula is C40H50N4O5. The van der Waals surface area contributed by atoms with Crippen LogP contribution in [0.25, 0.3) is 0 Å². The summed E-state index contributed by atoms with van der Waals surface area (Å²) in [6.45, 7) is 1.31. The first-order chi connectivity index (χ1) is 23.7. The van der Waals surface area contributed by atoms with Crippen LogP contribution in [0.15, 0.2) is 91.3 Å².